The number of carbonyl (C=O) groups excluding carboxylic acids is 1. The van der Waals surface area contributed by atoms with Crippen LogP contribution in [0.1, 0.15) is 16.1 Å². The van der Waals surface area contributed by atoms with Gasteiger partial charge in [-0.1, -0.05) is 59.0 Å². The summed E-state index contributed by atoms with van der Waals surface area (Å²) in [5.41, 5.74) is 5.01. The van der Waals surface area contributed by atoms with Gasteiger partial charge in [0.2, 0.25) is 5.76 Å². The Morgan fingerprint density at radius 2 is 1.86 bits per heavy atom. The largest absolute Gasteiger partial charge is 0.350 e. The minimum Gasteiger partial charge on any atom is -0.350 e. The van der Waals surface area contributed by atoms with Crippen molar-refractivity contribution in [3.05, 3.63) is 84.3 Å². The Morgan fingerprint density at radius 3 is 2.72 bits per heavy atom. The predicted octanol–water partition coefficient (Wildman–Crippen LogP) is 4.67. The Kier molecular flexibility index (Phi) is 6.25. The summed E-state index contributed by atoms with van der Waals surface area (Å²) in [6.45, 7) is 4.96. The molecule has 0 saturated carbocycles. The zero-order valence-corrected chi connectivity index (χ0v) is 20.3. The summed E-state index contributed by atoms with van der Waals surface area (Å²) in [6.07, 6.45) is 1.94. The highest BCUT2D eigenvalue weighted by Crippen LogP contribution is 2.34. The van der Waals surface area contributed by atoms with Gasteiger partial charge in [-0.05, 0) is 23.8 Å². The van der Waals surface area contributed by atoms with Crippen LogP contribution in [0.5, 0.6) is 0 Å². The number of amides is 1. The first kappa shape index (κ1) is 22.5. The Labute approximate surface area is 212 Å². The zero-order chi connectivity index (χ0) is 24.3. The van der Waals surface area contributed by atoms with Gasteiger partial charge in [0.1, 0.15) is 21.0 Å². The highest BCUT2D eigenvalue weighted by Gasteiger charge is 2.18. The van der Waals surface area contributed by atoms with Crippen LogP contribution in [0.3, 0.4) is 0 Å². The zero-order valence-electron chi connectivity index (χ0n) is 19.5. The average molecular weight is 497 g/mol. The van der Waals surface area contributed by atoms with Crippen LogP contribution in [-0.2, 0) is 6.54 Å². The molecule has 0 spiro atoms. The number of nitrogens with one attached hydrogen (secondary N) is 2. The van der Waals surface area contributed by atoms with Crippen LogP contribution in [0.2, 0.25) is 0 Å². The van der Waals surface area contributed by atoms with E-state index in [0.29, 0.717) is 11.4 Å². The second kappa shape index (κ2) is 9.98. The van der Waals surface area contributed by atoms with Gasteiger partial charge in [-0.25, -0.2) is 9.97 Å². The molecule has 0 atom stereocenters. The molecule has 0 bridgehead atoms. The summed E-state index contributed by atoms with van der Waals surface area (Å²) in [5, 5.41) is 11.2. The Morgan fingerprint density at radius 1 is 1.06 bits per heavy atom. The molecular formula is C27H24N6O2S. The molecule has 180 valence electrons. The van der Waals surface area contributed by atoms with Crippen molar-refractivity contribution in [1.29, 1.82) is 0 Å². The molecule has 0 radical (unpaired) electrons. The van der Waals surface area contributed by atoms with Gasteiger partial charge in [0, 0.05) is 56.1 Å². The van der Waals surface area contributed by atoms with E-state index in [1.165, 1.54) is 11.3 Å². The first-order chi connectivity index (χ1) is 17.7. The normalized spacial score (nSPS) is 14.2. The number of carbonyl (C=O) groups is 1. The Hall–Kier alpha value is -3.92. The smallest absolute Gasteiger partial charge is 0.294 e. The fourth-order valence-electron chi connectivity index (χ4n) is 4.28. The van der Waals surface area contributed by atoms with Gasteiger partial charge in [0.15, 0.2) is 0 Å². The second-order valence-electron chi connectivity index (χ2n) is 8.66. The van der Waals surface area contributed by atoms with Crippen molar-refractivity contribution in [3.8, 4) is 21.8 Å². The summed E-state index contributed by atoms with van der Waals surface area (Å²) in [6, 6.07) is 21.0. The van der Waals surface area contributed by atoms with E-state index in [2.05, 4.69) is 31.7 Å². The standard InChI is InChI=1S/C27H24N6O2S/c34-25(24-15-22(32-35-24)19-6-2-1-3-7-19)30-21-9-5-4-8-20(21)26-31-23-14-18(16-29-27(23)36-26)17-33-12-10-28-11-13-33/h1-9,14-16,28H,10-13,17H2,(H,30,34). The maximum absolute atomic E-state index is 13.0. The number of nitrogens with zero attached hydrogens (tertiary/aromatic N) is 4. The van der Waals surface area contributed by atoms with Crippen LogP contribution in [-0.4, -0.2) is 52.1 Å². The number of anilines is 1. The van der Waals surface area contributed by atoms with E-state index in [4.69, 9.17) is 9.51 Å². The number of aromatic nitrogens is 3. The SMILES string of the molecule is O=C(Nc1ccccc1-c1nc2cc(CN3CCNCC3)cnc2s1)c1cc(-c2ccccc2)no1. The first-order valence-corrected chi connectivity index (χ1v) is 12.7. The van der Waals surface area contributed by atoms with Gasteiger partial charge in [0.05, 0.1) is 5.69 Å². The van der Waals surface area contributed by atoms with E-state index in [1.54, 1.807) is 6.07 Å². The van der Waals surface area contributed by atoms with Gasteiger partial charge in [-0.3, -0.25) is 9.69 Å². The molecular weight excluding hydrogens is 472 g/mol. The predicted molar refractivity (Wildman–Crippen MR) is 141 cm³/mol. The molecule has 1 amide bonds. The number of benzene rings is 2. The topological polar surface area (TPSA) is 96.2 Å². The maximum Gasteiger partial charge on any atom is 0.294 e. The number of para-hydroxylation sites is 1. The summed E-state index contributed by atoms with van der Waals surface area (Å²) in [7, 11) is 0. The van der Waals surface area contributed by atoms with Crippen molar-refractivity contribution in [2.45, 2.75) is 6.54 Å². The number of piperazine rings is 1. The third-order valence-corrected chi connectivity index (χ3v) is 7.14. The first-order valence-electron chi connectivity index (χ1n) is 11.8. The Balaban J connectivity index is 1.23. The number of fused-ring (bicyclic) bond motifs is 1. The number of thiazole rings is 1. The molecule has 0 unspecified atom stereocenters. The quantitative estimate of drug-likeness (QED) is 0.353. The van der Waals surface area contributed by atoms with E-state index < -0.39 is 0 Å². The minimum atomic E-state index is -0.366. The van der Waals surface area contributed by atoms with Crippen LogP contribution < -0.4 is 10.6 Å². The van der Waals surface area contributed by atoms with Crippen molar-refractivity contribution in [2.75, 3.05) is 31.5 Å². The molecule has 1 aliphatic rings. The molecule has 4 heterocycles. The van der Waals surface area contributed by atoms with E-state index in [0.717, 1.165) is 64.8 Å². The molecule has 1 saturated heterocycles. The fourth-order valence-corrected chi connectivity index (χ4v) is 5.21. The lowest BCUT2D eigenvalue weighted by Gasteiger charge is -2.26. The average Bonchev–Trinajstić information content (AvgIpc) is 3.58. The summed E-state index contributed by atoms with van der Waals surface area (Å²) < 4.78 is 5.33. The van der Waals surface area contributed by atoms with Crippen LogP contribution in [0.25, 0.3) is 32.2 Å². The lowest BCUT2D eigenvalue weighted by molar-refractivity contribution is 0.0988. The van der Waals surface area contributed by atoms with Crippen LogP contribution >= 0.6 is 11.3 Å². The Bertz CT molecular complexity index is 1510. The monoisotopic (exact) mass is 496 g/mol. The third kappa shape index (κ3) is 4.76. The maximum atomic E-state index is 13.0. The van der Waals surface area contributed by atoms with Gasteiger partial charge < -0.3 is 15.2 Å². The highest BCUT2D eigenvalue weighted by molar-refractivity contribution is 7.21. The van der Waals surface area contributed by atoms with Crippen LogP contribution in [0.4, 0.5) is 5.69 Å². The van der Waals surface area contributed by atoms with Gasteiger partial charge >= 0.3 is 0 Å². The molecule has 6 rings (SSSR count). The van der Waals surface area contributed by atoms with E-state index in [-0.39, 0.29) is 11.7 Å². The highest BCUT2D eigenvalue weighted by atomic mass is 32.1. The lowest BCUT2D eigenvalue weighted by Crippen LogP contribution is -2.42. The molecule has 1 aliphatic heterocycles. The molecule has 36 heavy (non-hydrogen) atoms. The number of hydrogen-bond acceptors (Lipinski definition) is 8. The molecule has 0 aliphatic carbocycles. The summed E-state index contributed by atoms with van der Waals surface area (Å²) in [4.78, 5) is 25.8. The molecule has 1 fully saturated rings. The number of pyridine rings is 1. The molecule has 3 aromatic heterocycles. The van der Waals surface area contributed by atoms with Crippen LogP contribution in [0.15, 0.2) is 77.4 Å². The molecule has 2 aromatic carbocycles. The van der Waals surface area contributed by atoms with Gasteiger partial charge in [-0.15, -0.1) is 0 Å². The number of hydrogen-bond donors (Lipinski definition) is 2. The fraction of sp³-hybridized carbons (Fsp3) is 0.185. The second-order valence-corrected chi connectivity index (χ2v) is 9.63. The summed E-state index contributed by atoms with van der Waals surface area (Å²) in [5.74, 6) is -0.221. The summed E-state index contributed by atoms with van der Waals surface area (Å²) >= 11 is 1.51. The minimum absolute atomic E-state index is 0.146. The number of rotatable bonds is 6. The molecule has 8 nitrogen and oxygen atoms in total. The molecule has 5 aromatic rings. The molecule has 2 N–H and O–H groups in total. The van der Waals surface area contributed by atoms with Crippen LogP contribution in [0, 0.1) is 0 Å². The van der Waals surface area contributed by atoms with Crippen molar-refractivity contribution < 1.29 is 9.32 Å². The van der Waals surface area contributed by atoms with E-state index in [9.17, 15) is 4.79 Å². The van der Waals surface area contributed by atoms with Crippen molar-refractivity contribution in [1.82, 2.24) is 25.3 Å². The lowest BCUT2D eigenvalue weighted by atomic mass is 10.1. The van der Waals surface area contributed by atoms with Crippen molar-refractivity contribution in [3.63, 3.8) is 0 Å². The van der Waals surface area contributed by atoms with E-state index >= 15 is 0 Å². The van der Waals surface area contributed by atoms with Gasteiger partial charge in [-0.2, -0.15) is 0 Å². The third-order valence-electron chi connectivity index (χ3n) is 6.13. The van der Waals surface area contributed by atoms with E-state index in [1.807, 2.05) is 60.8 Å². The van der Waals surface area contributed by atoms with Gasteiger partial charge in [0.25, 0.3) is 5.91 Å². The molecule has 9 heteroatoms. The van der Waals surface area contributed by atoms with Crippen molar-refractivity contribution in [2.24, 2.45) is 0 Å². The van der Waals surface area contributed by atoms with Crippen molar-refractivity contribution >= 4 is 33.3 Å².